The third-order valence-corrected chi connectivity index (χ3v) is 2.30. The molecule has 0 unspecified atom stereocenters. The van der Waals surface area contributed by atoms with E-state index in [1.165, 1.54) is 0 Å². The van der Waals surface area contributed by atoms with Crippen molar-refractivity contribution in [1.29, 1.82) is 0 Å². The van der Waals surface area contributed by atoms with Crippen LogP contribution < -0.4 is 0 Å². The minimum absolute atomic E-state index is 0.0178. The van der Waals surface area contributed by atoms with Crippen LogP contribution in [0.3, 0.4) is 0 Å². The van der Waals surface area contributed by atoms with Crippen molar-refractivity contribution in [2.24, 2.45) is 5.11 Å². The second-order valence-electron chi connectivity index (χ2n) is 3.90. The summed E-state index contributed by atoms with van der Waals surface area (Å²) in [5.41, 5.74) is 9.43. The van der Waals surface area contributed by atoms with E-state index in [-0.39, 0.29) is 12.1 Å². The summed E-state index contributed by atoms with van der Waals surface area (Å²) in [5, 5.41) is 3.62. The lowest BCUT2D eigenvalue weighted by atomic mass is 10.1. The van der Waals surface area contributed by atoms with Crippen molar-refractivity contribution in [1.82, 2.24) is 0 Å². The molecule has 4 heteroatoms. The van der Waals surface area contributed by atoms with E-state index >= 15 is 0 Å². The molecule has 0 N–H and O–H groups in total. The van der Waals surface area contributed by atoms with Crippen LogP contribution in [-0.2, 0) is 11.3 Å². The molecule has 4 nitrogen and oxygen atoms in total. The number of ether oxygens (including phenoxy) is 1. The topological polar surface area (TPSA) is 58.0 Å². The van der Waals surface area contributed by atoms with Crippen LogP contribution in [-0.4, -0.2) is 12.1 Å². The molecule has 1 rings (SSSR count). The van der Waals surface area contributed by atoms with Gasteiger partial charge in [-0.05, 0) is 24.4 Å². The molecule has 1 aromatic carbocycles. The van der Waals surface area contributed by atoms with Crippen LogP contribution >= 0.6 is 0 Å². The molecule has 0 spiro atoms. The van der Waals surface area contributed by atoms with Gasteiger partial charge in [0.1, 0.15) is 0 Å². The molecule has 0 aliphatic carbocycles. The fourth-order valence-corrected chi connectivity index (χ4v) is 1.50. The summed E-state index contributed by atoms with van der Waals surface area (Å²) in [6.45, 7) is 4.49. The zero-order chi connectivity index (χ0) is 11.8. The summed E-state index contributed by atoms with van der Waals surface area (Å²) in [5.74, 6) is 0. The van der Waals surface area contributed by atoms with Crippen molar-refractivity contribution < 1.29 is 4.74 Å². The second-order valence-corrected chi connectivity index (χ2v) is 3.90. The molecule has 0 fully saturated rings. The fraction of sp³-hybridized carbons (Fsp3) is 0.500. The van der Waals surface area contributed by atoms with Crippen molar-refractivity contribution in [3.05, 3.63) is 46.3 Å². The van der Waals surface area contributed by atoms with Gasteiger partial charge in [-0.15, -0.1) is 0 Å². The molecule has 0 aromatic heterocycles. The molecule has 86 valence electrons. The van der Waals surface area contributed by atoms with Gasteiger partial charge in [-0.25, -0.2) is 0 Å². The van der Waals surface area contributed by atoms with Crippen LogP contribution in [0.2, 0.25) is 0 Å². The number of azide groups is 1. The van der Waals surface area contributed by atoms with Crippen molar-refractivity contribution in [2.45, 2.75) is 39.0 Å². The van der Waals surface area contributed by atoms with Gasteiger partial charge in [-0.2, -0.15) is 0 Å². The zero-order valence-corrected chi connectivity index (χ0v) is 9.71. The molecular formula is C12H17N3O. The lowest BCUT2D eigenvalue weighted by molar-refractivity contribution is 0.0443. The van der Waals surface area contributed by atoms with Crippen LogP contribution in [0.25, 0.3) is 10.4 Å². The number of rotatable bonds is 6. The SMILES string of the molecule is C[C@@H](C[C@H](C)OCc1ccccc1)N=[N+]=[N-]. The Morgan fingerprint density at radius 1 is 1.31 bits per heavy atom. The average Bonchev–Trinajstić information content (AvgIpc) is 2.28. The van der Waals surface area contributed by atoms with E-state index in [0.29, 0.717) is 6.61 Å². The highest BCUT2D eigenvalue weighted by atomic mass is 16.5. The average molecular weight is 219 g/mol. The molecule has 0 aliphatic rings. The monoisotopic (exact) mass is 219 g/mol. The molecular weight excluding hydrogens is 202 g/mol. The van der Waals surface area contributed by atoms with Gasteiger partial charge in [0.05, 0.1) is 12.7 Å². The van der Waals surface area contributed by atoms with Crippen LogP contribution in [0.1, 0.15) is 25.8 Å². The highest BCUT2D eigenvalue weighted by Gasteiger charge is 2.07. The first-order valence-electron chi connectivity index (χ1n) is 5.42. The van der Waals surface area contributed by atoms with E-state index in [4.69, 9.17) is 10.3 Å². The molecule has 0 heterocycles. The van der Waals surface area contributed by atoms with Gasteiger partial charge < -0.3 is 4.74 Å². The van der Waals surface area contributed by atoms with E-state index in [9.17, 15) is 0 Å². The lowest BCUT2D eigenvalue weighted by Crippen LogP contribution is -2.14. The molecule has 1 aromatic rings. The maximum atomic E-state index is 8.27. The second kappa shape index (κ2) is 6.88. The van der Waals surface area contributed by atoms with Gasteiger partial charge >= 0.3 is 0 Å². The zero-order valence-electron chi connectivity index (χ0n) is 9.71. The summed E-state index contributed by atoms with van der Waals surface area (Å²) in [4.78, 5) is 2.78. The number of hydrogen-bond donors (Lipinski definition) is 0. The Bertz CT molecular complexity index is 347. The van der Waals surface area contributed by atoms with E-state index in [0.717, 1.165) is 12.0 Å². The van der Waals surface area contributed by atoms with Crippen molar-refractivity contribution in [3.8, 4) is 0 Å². The third-order valence-electron chi connectivity index (χ3n) is 2.30. The summed E-state index contributed by atoms with van der Waals surface area (Å²) >= 11 is 0. The summed E-state index contributed by atoms with van der Waals surface area (Å²) in [6, 6.07) is 10.0. The van der Waals surface area contributed by atoms with Crippen molar-refractivity contribution in [2.75, 3.05) is 0 Å². The minimum Gasteiger partial charge on any atom is -0.374 e. The Hall–Kier alpha value is -1.51. The largest absolute Gasteiger partial charge is 0.374 e. The highest BCUT2D eigenvalue weighted by Crippen LogP contribution is 2.09. The Morgan fingerprint density at radius 2 is 2.00 bits per heavy atom. The maximum absolute atomic E-state index is 8.27. The Morgan fingerprint density at radius 3 is 2.62 bits per heavy atom. The predicted molar refractivity (Wildman–Crippen MR) is 63.9 cm³/mol. The highest BCUT2D eigenvalue weighted by molar-refractivity contribution is 5.13. The van der Waals surface area contributed by atoms with E-state index in [1.54, 1.807) is 0 Å². The standard InChI is InChI=1S/C12H17N3O/c1-10(14-15-13)8-11(2)16-9-12-6-4-3-5-7-12/h3-7,10-11H,8-9H2,1-2H3/t10-,11-/m0/s1. The Balaban J connectivity index is 2.30. The number of hydrogen-bond acceptors (Lipinski definition) is 2. The summed E-state index contributed by atoms with van der Waals surface area (Å²) in [7, 11) is 0. The number of benzene rings is 1. The summed E-state index contributed by atoms with van der Waals surface area (Å²) < 4.78 is 5.66. The molecule has 0 aliphatic heterocycles. The van der Waals surface area contributed by atoms with Crippen LogP contribution in [0.4, 0.5) is 0 Å². The first-order chi connectivity index (χ1) is 7.72. The van der Waals surface area contributed by atoms with Gasteiger partial charge in [-0.1, -0.05) is 42.4 Å². The Labute approximate surface area is 95.9 Å². The van der Waals surface area contributed by atoms with Crippen LogP contribution in [0, 0.1) is 0 Å². The molecule has 0 bridgehead atoms. The van der Waals surface area contributed by atoms with Gasteiger partial charge in [0, 0.05) is 11.0 Å². The quantitative estimate of drug-likeness (QED) is 0.409. The van der Waals surface area contributed by atoms with Gasteiger partial charge in [0.25, 0.3) is 0 Å². The molecule has 2 atom stereocenters. The maximum Gasteiger partial charge on any atom is 0.0720 e. The Kier molecular flexibility index (Phi) is 5.40. The molecule has 0 radical (unpaired) electrons. The molecule has 16 heavy (non-hydrogen) atoms. The van der Waals surface area contributed by atoms with Gasteiger partial charge in [0.15, 0.2) is 0 Å². The lowest BCUT2D eigenvalue weighted by Gasteiger charge is -2.14. The normalized spacial score (nSPS) is 13.9. The molecule has 0 saturated carbocycles. The van der Waals surface area contributed by atoms with Crippen LogP contribution in [0.15, 0.2) is 35.4 Å². The van der Waals surface area contributed by atoms with Crippen LogP contribution in [0.5, 0.6) is 0 Å². The van der Waals surface area contributed by atoms with Crippen molar-refractivity contribution in [3.63, 3.8) is 0 Å². The van der Waals surface area contributed by atoms with E-state index in [1.807, 2.05) is 44.2 Å². The van der Waals surface area contributed by atoms with Crippen molar-refractivity contribution >= 4 is 0 Å². The number of nitrogens with zero attached hydrogens (tertiary/aromatic N) is 3. The summed E-state index contributed by atoms with van der Waals surface area (Å²) in [6.07, 6.45) is 0.845. The first-order valence-corrected chi connectivity index (χ1v) is 5.42. The third kappa shape index (κ3) is 4.82. The minimum atomic E-state index is -0.0178. The van der Waals surface area contributed by atoms with Gasteiger partial charge in [-0.3, -0.25) is 0 Å². The molecule has 0 saturated heterocycles. The van der Waals surface area contributed by atoms with Gasteiger partial charge in [0.2, 0.25) is 0 Å². The van der Waals surface area contributed by atoms with E-state index < -0.39 is 0 Å². The predicted octanol–water partition coefficient (Wildman–Crippen LogP) is 3.68. The molecule has 0 amide bonds. The fourth-order valence-electron chi connectivity index (χ4n) is 1.50. The van der Waals surface area contributed by atoms with E-state index in [2.05, 4.69) is 10.0 Å². The first kappa shape index (κ1) is 12.6. The smallest absolute Gasteiger partial charge is 0.0720 e.